The highest BCUT2D eigenvalue weighted by Gasteiger charge is 2.35. The van der Waals surface area contributed by atoms with Crippen LogP contribution >= 0.6 is 23.2 Å². The van der Waals surface area contributed by atoms with E-state index in [1.165, 1.54) is 9.80 Å². The molecule has 3 aromatic carbocycles. The number of imide groups is 1. The van der Waals surface area contributed by atoms with Crippen LogP contribution < -0.4 is 5.32 Å². The minimum Gasteiger partial charge on any atom is -0.352 e. The molecule has 0 aromatic heterocycles. The maximum absolute atomic E-state index is 13.8. The van der Waals surface area contributed by atoms with E-state index in [2.05, 4.69) is 5.32 Å². The standard InChI is InChI=1S/C31H31Cl2N3O4/c1-20(2)34-29(38)27(18-21-10-4-3-5-11-21)36(19-24-25(32)14-8-15-26(24)33)28(37)16-9-17-35-30(39)22-12-6-7-13-23(22)31(35)40/h3-8,10-15,20,27H,9,16-19H2,1-2H3,(H,34,38). The van der Waals surface area contributed by atoms with Gasteiger partial charge in [-0.3, -0.25) is 24.1 Å². The van der Waals surface area contributed by atoms with Gasteiger partial charge in [0.25, 0.3) is 11.8 Å². The van der Waals surface area contributed by atoms with Crippen molar-refractivity contribution in [3.63, 3.8) is 0 Å². The summed E-state index contributed by atoms with van der Waals surface area (Å²) in [7, 11) is 0. The SMILES string of the molecule is CC(C)NC(=O)C(Cc1ccccc1)N(Cc1c(Cl)cccc1Cl)C(=O)CCCN1C(=O)c2ccccc2C1=O. The molecule has 4 amide bonds. The molecule has 1 atom stereocenters. The molecule has 0 spiro atoms. The number of carbonyl (C=O) groups excluding carboxylic acids is 4. The molecule has 1 aliphatic rings. The monoisotopic (exact) mass is 579 g/mol. The predicted molar refractivity (Wildman–Crippen MR) is 155 cm³/mol. The summed E-state index contributed by atoms with van der Waals surface area (Å²) in [6.07, 6.45) is 0.530. The van der Waals surface area contributed by atoms with Crippen LogP contribution in [0.4, 0.5) is 0 Å². The second kappa shape index (κ2) is 13.1. The fourth-order valence-electron chi connectivity index (χ4n) is 4.76. The fraction of sp³-hybridized carbons (Fsp3) is 0.290. The first kappa shape index (κ1) is 29.3. The van der Waals surface area contributed by atoms with Crippen LogP contribution in [0.3, 0.4) is 0 Å². The zero-order chi connectivity index (χ0) is 28.8. The highest BCUT2D eigenvalue weighted by Crippen LogP contribution is 2.28. The van der Waals surface area contributed by atoms with Gasteiger partial charge in [-0.05, 0) is 50.1 Å². The quantitative estimate of drug-likeness (QED) is 0.302. The lowest BCUT2D eigenvalue weighted by Crippen LogP contribution is -2.52. The number of hydrogen-bond acceptors (Lipinski definition) is 4. The van der Waals surface area contributed by atoms with Crippen LogP contribution in [0, 0.1) is 0 Å². The van der Waals surface area contributed by atoms with E-state index in [-0.39, 0.29) is 62.0 Å². The number of nitrogens with zero attached hydrogens (tertiary/aromatic N) is 2. The third-order valence-corrected chi connectivity index (χ3v) is 7.45. The molecule has 0 radical (unpaired) electrons. The average Bonchev–Trinajstić information content (AvgIpc) is 3.17. The van der Waals surface area contributed by atoms with Crippen molar-refractivity contribution in [2.45, 2.75) is 51.7 Å². The van der Waals surface area contributed by atoms with Crippen molar-refractivity contribution in [3.8, 4) is 0 Å². The van der Waals surface area contributed by atoms with Gasteiger partial charge >= 0.3 is 0 Å². The fourth-order valence-corrected chi connectivity index (χ4v) is 5.28. The normalized spacial score (nSPS) is 13.4. The highest BCUT2D eigenvalue weighted by molar-refractivity contribution is 6.36. The molecule has 1 heterocycles. The van der Waals surface area contributed by atoms with Crippen LogP contribution in [-0.4, -0.2) is 52.1 Å². The Bertz CT molecular complexity index is 1360. The molecule has 40 heavy (non-hydrogen) atoms. The van der Waals surface area contributed by atoms with Gasteiger partial charge in [0.15, 0.2) is 0 Å². The maximum atomic E-state index is 13.8. The van der Waals surface area contributed by atoms with Crippen molar-refractivity contribution in [2.24, 2.45) is 0 Å². The Morgan fingerprint density at radius 3 is 2.00 bits per heavy atom. The number of fused-ring (bicyclic) bond motifs is 1. The van der Waals surface area contributed by atoms with Gasteiger partial charge in [0, 0.05) is 47.6 Å². The zero-order valence-electron chi connectivity index (χ0n) is 22.4. The molecule has 0 bridgehead atoms. The lowest BCUT2D eigenvalue weighted by atomic mass is 10.0. The number of carbonyl (C=O) groups is 4. The summed E-state index contributed by atoms with van der Waals surface area (Å²) >= 11 is 12.9. The largest absolute Gasteiger partial charge is 0.352 e. The smallest absolute Gasteiger partial charge is 0.261 e. The number of halogens is 2. The molecule has 0 aliphatic carbocycles. The lowest BCUT2D eigenvalue weighted by Gasteiger charge is -2.32. The van der Waals surface area contributed by atoms with Gasteiger partial charge in [-0.1, -0.05) is 71.7 Å². The Balaban J connectivity index is 1.58. The van der Waals surface area contributed by atoms with E-state index >= 15 is 0 Å². The highest BCUT2D eigenvalue weighted by atomic mass is 35.5. The van der Waals surface area contributed by atoms with Gasteiger partial charge in [-0.2, -0.15) is 0 Å². The minimum atomic E-state index is -0.844. The average molecular weight is 581 g/mol. The number of rotatable bonds is 11. The third-order valence-electron chi connectivity index (χ3n) is 6.74. The molecule has 208 valence electrons. The third kappa shape index (κ3) is 6.72. The number of benzene rings is 3. The van der Waals surface area contributed by atoms with Crippen molar-refractivity contribution in [2.75, 3.05) is 6.54 Å². The van der Waals surface area contributed by atoms with E-state index < -0.39 is 6.04 Å². The van der Waals surface area contributed by atoms with Crippen molar-refractivity contribution < 1.29 is 19.2 Å². The van der Waals surface area contributed by atoms with E-state index in [1.54, 1.807) is 42.5 Å². The number of amides is 4. The summed E-state index contributed by atoms with van der Waals surface area (Å²) in [4.78, 5) is 55.5. The van der Waals surface area contributed by atoms with Gasteiger partial charge in [0.2, 0.25) is 11.8 Å². The molecule has 0 fully saturated rings. The van der Waals surface area contributed by atoms with Crippen molar-refractivity contribution in [1.29, 1.82) is 0 Å². The van der Waals surface area contributed by atoms with Crippen molar-refractivity contribution >= 4 is 46.8 Å². The first-order valence-corrected chi connectivity index (χ1v) is 13.9. The van der Waals surface area contributed by atoms with E-state index in [4.69, 9.17) is 23.2 Å². The minimum absolute atomic E-state index is 0.00965. The van der Waals surface area contributed by atoms with Crippen LogP contribution in [0.2, 0.25) is 10.0 Å². The Morgan fingerprint density at radius 1 is 0.850 bits per heavy atom. The summed E-state index contributed by atoms with van der Waals surface area (Å²) in [5, 5.41) is 3.72. The Labute approximate surface area is 244 Å². The van der Waals surface area contributed by atoms with Crippen LogP contribution in [-0.2, 0) is 22.6 Å². The molecular formula is C31H31Cl2N3O4. The molecule has 0 saturated heterocycles. The van der Waals surface area contributed by atoms with E-state index in [9.17, 15) is 19.2 Å². The summed E-state index contributed by atoms with van der Waals surface area (Å²) in [6.45, 7) is 3.82. The van der Waals surface area contributed by atoms with Crippen LogP contribution in [0.15, 0.2) is 72.8 Å². The maximum Gasteiger partial charge on any atom is 0.261 e. The molecule has 1 N–H and O–H groups in total. The van der Waals surface area contributed by atoms with Gasteiger partial charge in [-0.25, -0.2) is 0 Å². The van der Waals surface area contributed by atoms with E-state index in [0.717, 1.165) is 5.56 Å². The van der Waals surface area contributed by atoms with Gasteiger partial charge < -0.3 is 10.2 Å². The first-order chi connectivity index (χ1) is 19.2. The Kier molecular flexibility index (Phi) is 9.61. The molecule has 1 aliphatic heterocycles. The van der Waals surface area contributed by atoms with Crippen molar-refractivity contribution in [3.05, 3.63) is 105 Å². The molecule has 0 saturated carbocycles. The molecule has 9 heteroatoms. The summed E-state index contributed by atoms with van der Waals surface area (Å²) < 4.78 is 0. The Morgan fingerprint density at radius 2 is 1.43 bits per heavy atom. The second-order valence-corrected chi connectivity index (χ2v) is 10.8. The zero-order valence-corrected chi connectivity index (χ0v) is 23.9. The van der Waals surface area contributed by atoms with Gasteiger partial charge in [0.1, 0.15) is 6.04 Å². The molecular weight excluding hydrogens is 549 g/mol. The molecule has 1 unspecified atom stereocenters. The Hall–Kier alpha value is -3.68. The molecule has 4 rings (SSSR count). The topological polar surface area (TPSA) is 86.8 Å². The van der Waals surface area contributed by atoms with Crippen LogP contribution in [0.5, 0.6) is 0 Å². The first-order valence-electron chi connectivity index (χ1n) is 13.2. The van der Waals surface area contributed by atoms with Crippen LogP contribution in [0.1, 0.15) is 58.5 Å². The van der Waals surface area contributed by atoms with E-state index in [1.807, 2.05) is 44.2 Å². The summed E-state index contributed by atoms with van der Waals surface area (Å²) in [6, 6.07) is 20.2. The number of nitrogens with one attached hydrogen (secondary N) is 1. The summed E-state index contributed by atoms with van der Waals surface area (Å²) in [5.41, 5.74) is 2.15. The predicted octanol–water partition coefficient (Wildman–Crippen LogP) is 5.53. The molecule has 7 nitrogen and oxygen atoms in total. The molecule has 3 aromatic rings. The summed E-state index contributed by atoms with van der Waals surface area (Å²) in [5.74, 6) is -1.35. The number of hydrogen-bond donors (Lipinski definition) is 1. The van der Waals surface area contributed by atoms with Crippen molar-refractivity contribution in [1.82, 2.24) is 15.1 Å². The van der Waals surface area contributed by atoms with Gasteiger partial charge in [-0.15, -0.1) is 0 Å². The van der Waals surface area contributed by atoms with E-state index in [0.29, 0.717) is 26.7 Å². The lowest BCUT2D eigenvalue weighted by molar-refractivity contribution is -0.141. The van der Waals surface area contributed by atoms with Crippen LogP contribution in [0.25, 0.3) is 0 Å². The second-order valence-electron chi connectivity index (χ2n) is 10.0. The van der Waals surface area contributed by atoms with Gasteiger partial charge in [0.05, 0.1) is 11.1 Å².